The third kappa shape index (κ3) is 4.39. The predicted octanol–water partition coefficient (Wildman–Crippen LogP) is 3.33. The van der Waals surface area contributed by atoms with E-state index in [1.54, 1.807) is 31.2 Å². The van der Waals surface area contributed by atoms with Gasteiger partial charge in [0.25, 0.3) is 11.7 Å². The van der Waals surface area contributed by atoms with Crippen molar-refractivity contribution in [2.24, 2.45) is 5.14 Å². The molecule has 180 valence electrons. The molecule has 0 saturated carbocycles. The quantitative estimate of drug-likeness (QED) is 0.303. The van der Waals surface area contributed by atoms with Crippen LogP contribution in [0.4, 0.5) is 5.69 Å². The average Bonchev–Trinajstić information content (AvgIpc) is 3.08. The first-order valence-corrected chi connectivity index (χ1v) is 12.1. The van der Waals surface area contributed by atoms with Gasteiger partial charge in [0.05, 0.1) is 34.2 Å². The second kappa shape index (κ2) is 9.14. The molecule has 0 aliphatic carbocycles. The van der Waals surface area contributed by atoms with Gasteiger partial charge in [0.2, 0.25) is 10.0 Å². The summed E-state index contributed by atoms with van der Waals surface area (Å²) in [6.07, 6.45) is 2.98. The lowest BCUT2D eigenvalue weighted by atomic mass is 9.95. The largest absolute Gasteiger partial charge is 0.507 e. The first-order chi connectivity index (χ1) is 16.5. The number of aromatic nitrogens is 1. The molecule has 4 rings (SSSR count). The van der Waals surface area contributed by atoms with Gasteiger partial charge in [0.15, 0.2) is 0 Å². The maximum Gasteiger partial charge on any atom is 0.300 e. The van der Waals surface area contributed by atoms with Gasteiger partial charge in [-0.2, -0.15) is 0 Å². The Morgan fingerprint density at radius 3 is 2.31 bits per heavy atom. The van der Waals surface area contributed by atoms with Crippen LogP contribution in [0.1, 0.15) is 22.7 Å². The van der Waals surface area contributed by atoms with E-state index >= 15 is 0 Å². The van der Waals surface area contributed by atoms with Crippen molar-refractivity contribution >= 4 is 44.8 Å². The molecule has 9 nitrogen and oxygen atoms in total. The Bertz CT molecular complexity index is 1470. The number of Topliss-reactive ketones (excluding diaryl/α,β-unsaturated/α-hetero) is 1. The summed E-state index contributed by atoms with van der Waals surface area (Å²) < 4.78 is 28.7. The van der Waals surface area contributed by atoms with Crippen LogP contribution in [0.5, 0.6) is 5.75 Å². The van der Waals surface area contributed by atoms with Crippen molar-refractivity contribution in [1.82, 2.24) is 4.98 Å². The number of pyridine rings is 1. The molecule has 1 saturated heterocycles. The molecule has 1 aromatic heterocycles. The van der Waals surface area contributed by atoms with Crippen LogP contribution in [-0.2, 0) is 19.6 Å². The number of rotatable bonds is 5. The van der Waals surface area contributed by atoms with Crippen molar-refractivity contribution in [3.63, 3.8) is 0 Å². The molecular formula is C24H20ClN3O6S. The number of amides is 1. The fourth-order valence-corrected chi connectivity index (χ4v) is 4.88. The van der Waals surface area contributed by atoms with Crippen LogP contribution in [-0.4, -0.2) is 37.3 Å². The molecule has 35 heavy (non-hydrogen) atoms. The molecule has 1 atom stereocenters. The Morgan fingerprint density at radius 2 is 1.74 bits per heavy atom. The van der Waals surface area contributed by atoms with Gasteiger partial charge in [-0.25, -0.2) is 13.6 Å². The molecule has 2 heterocycles. The van der Waals surface area contributed by atoms with Crippen molar-refractivity contribution in [2.45, 2.75) is 17.9 Å². The molecular weight excluding hydrogens is 494 g/mol. The van der Waals surface area contributed by atoms with E-state index in [1.165, 1.54) is 48.7 Å². The van der Waals surface area contributed by atoms with Gasteiger partial charge in [-0.3, -0.25) is 19.5 Å². The van der Waals surface area contributed by atoms with Gasteiger partial charge >= 0.3 is 0 Å². The van der Waals surface area contributed by atoms with Crippen LogP contribution in [0.25, 0.3) is 5.76 Å². The van der Waals surface area contributed by atoms with Crippen LogP contribution in [0.3, 0.4) is 0 Å². The number of aliphatic hydroxyl groups is 1. The molecule has 0 bridgehead atoms. The summed E-state index contributed by atoms with van der Waals surface area (Å²) in [5.41, 5.74) is 1.39. The first kappa shape index (κ1) is 24.4. The van der Waals surface area contributed by atoms with E-state index in [9.17, 15) is 23.1 Å². The van der Waals surface area contributed by atoms with E-state index < -0.39 is 33.5 Å². The number of anilines is 1. The molecule has 0 spiro atoms. The highest BCUT2D eigenvalue weighted by molar-refractivity contribution is 7.89. The lowest BCUT2D eigenvalue weighted by molar-refractivity contribution is -0.132. The Labute approximate surface area is 206 Å². The molecule has 11 heteroatoms. The van der Waals surface area contributed by atoms with Gasteiger partial charge in [-0.1, -0.05) is 11.6 Å². The SMILES string of the molecule is COc1c(Cl)cc(C)cc1/C(O)=C1\C(=O)C(=O)N(c2ccc(S(N)(=O)=O)cc2)C1c1ccncc1. The first-order valence-electron chi connectivity index (χ1n) is 10.2. The third-order valence-electron chi connectivity index (χ3n) is 5.56. The lowest BCUT2D eigenvalue weighted by Gasteiger charge is -2.25. The number of hydrogen-bond donors (Lipinski definition) is 2. The Morgan fingerprint density at radius 1 is 1.11 bits per heavy atom. The van der Waals surface area contributed by atoms with Crippen molar-refractivity contribution in [3.05, 3.63) is 88.2 Å². The fourth-order valence-electron chi connectivity index (χ4n) is 4.01. The highest BCUT2D eigenvalue weighted by atomic mass is 35.5. The van der Waals surface area contributed by atoms with Gasteiger partial charge in [-0.15, -0.1) is 0 Å². The number of aryl methyl sites for hydroxylation is 1. The minimum atomic E-state index is -3.96. The number of nitrogens with zero attached hydrogens (tertiary/aromatic N) is 2. The van der Waals surface area contributed by atoms with Crippen molar-refractivity contribution < 1.29 is 27.9 Å². The maximum absolute atomic E-state index is 13.3. The van der Waals surface area contributed by atoms with E-state index in [1.807, 2.05) is 0 Å². The standard InChI is InChI=1S/C24H20ClN3O6S/c1-13-11-17(23(34-2)18(25)12-13)21(29)19-20(14-7-9-27-10-8-14)28(24(31)22(19)30)15-3-5-16(6-4-15)35(26,32)33/h3-12,20,29H,1-2H3,(H2,26,32,33)/b21-19+. The summed E-state index contributed by atoms with van der Waals surface area (Å²) in [6.45, 7) is 1.76. The number of carbonyl (C=O) groups excluding carboxylic acids is 2. The Balaban J connectivity index is 1.97. The lowest BCUT2D eigenvalue weighted by Crippen LogP contribution is -2.29. The normalized spacial score (nSPS) is 17.6. The molecule has 3 N–H and O–H groups in total. The highest BCUT2D eigenvalue weighted by Gasteiger charge is 2.47. The van der Waals surface area contributed by atoms with Crippen LogP contribution in [0.15, 0.2) is 71.4 Å². The number of sulfonamides is 1. The molecule has 1 amide bonds. The number of nitrogens with two attached hydrogens (primary N) is 1. The summed E-state index contributed by atoms with van der Waals surface area (Å²) in [5.74, 6) is -2.16. The summed E-state index contributed by atoms with van der Waals surface area (Å²) in [4.78, 5) is 31.5. The summed E-state index contributed by atoms with van der Waals surface area (Å²) in [5, 5.41) is 16.7. The molecule has 1 aliphatic heterocycles. The summed E-state index contributed by atoms with van der Waals surface area (Å²) in [6, 6.07) is 10.6. The maximum atomic E-state index is 13.3. The Kier molecular flexibility index (Phi) is 6.37. The smallest absolute Gasteiger partial charge is 0.300 e. The molecule has 3 aromatic rings. The zero-order valence-corrected chi connectivity index (χ0v) is 20.2. The monoisotopic (exact) mass is 513 g/mol. The van der Waals surface area contributed by atoms with Gasteiger partial charge in [0.1, 0.15) is 11.5 Å². The predicted molar refractivity (Wildman–Crippen MR) is 130 cm³/mol. The van der Waals surface area contributed by atoms with Crippen LogP contribution in [0, 0.1) is 6.92 Å². The molecule has 1 fully saturated rings. The number of aliphatic hydroxyl groups excluding tert-OH is 1. The third-order valence-corrected chi connectivity index (χ3v) is 6.77. The number of ether oxygens (including phenoxy) is 1. The number of ketones is 1. The molecule has 2 aromatic carbocycles. The van der Waals surface area contributed by atoms with Gasteiger partial charge < -0.3 is 9.84 Å². The van der Waals surface area contributed by atoms with Crippen molar-refractivity contribution in [3.8, 4) is 5.75 Å². The van der Waals surface area contributed by atoms with E-state index in [-0.39, 0.29) is 32.5 Å². The van der Waals surface area contributed by atoms with Crippen molar-refractivity contribution in [1.29, 1.82) is 0 Å². The van der Waals surface area contributed by atoms with Crippen molar-refractivity contribution in [2.75, 3.05) is 12.0 Å². The van der Waals surface area contributed by atoms with E-state index in [2.05, 4.69) is 4.98 Å². The second-order valence-corrected chi connectivity index (χ2v) is 9.78. The summed E-state index contributed by atoms with van der Waals surface area (Å²) in [7, 11) is -2.59. The molecule has 1 aliphatic rings. The number of methoxy groups -OCH3 is 1. The zero-order chi connectivity index (χ0) is 25.5. The van der Waals surface area contributed by atoms with E-state index in [4.69, 9.17) is 21.5 Å². The molecule has 1 unspecified atom stereocenters. The van der Waals surface area contributed by atoms with Crippen LogP contribution < -0.4 is 14.8 Å². The van der Waals surface area contributed by atoms with E-state index in [0.717, 1.165) is 0 Å². The van der Waals surface area contributed by atoms with Crippen LogP contribution in [0.2, 0.25) is 5.02 Å². The highest BCUT2D eigenvalue weighted by Crippen LogP contribution is 2.44. The number of hydrogen-bond acceptors (Lipinski definition) is 7. The average molecular weight is 514 g/mol. The topological polar surface area (TPSA) is 140 Å². The Hall–Kier alpha value is -3.73. The number of halogens is 1. The fraction of sp³-hybridized carbons (Fsp3) is 0.125. The summed E-state index contributed by atoms with van der Waals surface area (Å²) >= 11 is 6.29. The van der Waals surface area contributed by atoms with E-state index in [0.29, 0.717) is 11.1 Å². The molecule has 0 radical (unpaired) electrons. The number of primary sulfonamides is 1. The second-order valence-electron chi connectivity index (χ2n) is 7.82. The van der Waals surface area contributed by atoms with Gasteiger partial charge in [0, 0.05) is 18.1 Å². The zero-order valence-electron chi connectivity index (χ0n) is 18.6. The van der Waals surface area contributed by atoms with Crippen LogP contribution >= 0.6 is 11.6 Å². The minimum absolute atomic E-state index is 0.145. The number of carbonyl (C=O) groups is 2. The minimum Gasteiger partial charge on any atom is -0.507 e. The van der Waals surface area contributed by atoms with Gasteiger partial charge in [-0.05, 0) is 66.6 Å². The number of benzene rings is 2.